The fraction of sp³-hybridized carbons (Fsp3) is 0.700. The third-order valence-electron chi connectivity index (χ3n) is 2.80. The molecule has 0 spiro atoms. The molecule has 0 aliphatic carbocycles. The summed E-state index contributed by atoms with van der Waals surface area (Å²) in [5.74, 6) is 1.39. The fourth-order valence-corrected chi connectivity index (χ4v) is 3.34. The Morgan fingerprint density at radius 2 is 2.47 bits per heavy atom. The van der Waals surface area contributed by atoms with Crippen LogP contribution in [-0.2, 0) is 12.6 Å². The maximum Gasteiger partial charge on any atom is 0.162 e. The van der Waals surface area contributed by atoms with Gasteiger partial charge >= 0.3 is 0 Å². The highest BCUT2D eigenvalue weighted by atomic mass is 32.2. The Bertz CT molecular complexity index is 366. The second-order valence-electron chi connectivity index (χ2n) is 4.04. The molecule has 2 rings (SSSR count). The number of ether oxygens (including phenoxy) is 1. The molecule has 5 heteroatoms. The quantitative estimate of drug-likeness (QED) is 0.824. The van der Waals surface area contributed by atoms with Gasteiger partial charge in [0.1, 0.15) is 11.3 Å². The number of hydrogen-bond acceptors (Lipinski definition) is 4. The molecular weight excluding hydrogens is 212 g/mol. The maximum atomic E-state index is 10.6. The third-order valence-corrected chi connectivity index (χ3v) is 4.18. The number of methoxy groups -OCH3 is 1. The lowest BCUT2D eigenvalue weighted by Gasteiger charge is -2.22. The fourth-order valence-electron chi connectivity index (χ4n) is 2.14. The molecule has 1 aromatic rings. The van der Waals surface area contributed by atoms with Crippen molar-refractivity contribution in [2.45, 2.75) is 24.2 Å². The lowest BCUT2D eigenvalue weighted by molar-refractivity contribution is 0.0499. The zero-order valence-corrected chi connectivity index (χ0v) is 10.0. The first-order valence-electron chi connectivity index (χ1n) is 4.97. The lowest BCUT2D eigenvalue weighted by atomic mass is 9.96. The summed E-state index contributed by atoms with van der Waals surface area (Å²) in [6, 6.07) is 0. The van der Waals surface area contributed by atoms with E-state index in [2.05, 4.69) is 12.0 Å². The van der Waals surface area contributed by atoms with Crippen LogP contribution in [0.1, 0.15) is 19.0 Å². The van der Waals surface area contributed by atoms with Gasteiger partial charge in [-0.25, -0.2) is 0 Å². The zero-order valence-electron chi connectivity index (χ0n) is 9.23. The molecule has 0 aromatic carbocycles. The van der Waals surface area contributed by atoms with E-state index in [-0.39, 0.29) is 0 Å². The Balaban J connectivity index is 2.39. The van der Waals surface area contributed by atoms with E-state index in [4.69, 9.17) is 4.74 Å². The van der Waals surface area contributed by atoms with E-state index in [1.807, 2.05) is 7.05 Å². The molecule has 0 radical (unpaired) electrons. The van der Waals surface area contributed by atoms with Gasteiger partial charge in [-0.15, -0.1) is 0 Å². The van der Waals surface area contributed by atoms with Crippen LogP contribution in [-0.4, -0.2) is 33.0 Å². The molecule has 0 saturated carbocycles. The van der Waals surface area contributed by atoms with Gasteiger partial charge in [0.2, 0.25) is 0 Å². The van der Waals surface area contributed by atoms with E-state index in [1.54, 1.807) is 29.8 Å². The SMILES string of the molecule is COc1cnn(C)c1C1(O)CSC(C)C1. The van der Waals surface area contributed by atoms with Crippen LogP contribution in [0.25, 0.3) is 0 Å². The second-order valence-corrected chi connectivity index (χ2v) is 5.47. The first kappa shape index (κ1) is 10.8. The van der Waals surface area contributed by atoms with E-state index in [1.165, 1.54) is 0 Å². The lowest BCUT2D eigenvalue weighted by Crippen LogP contribution is -2.29. The van der Waals surface area contributed by atoms with Crippen molar-refractivity contribution in [3.8, 4) is 5.75 Å². The monoisotopic (exact) mass is 228 g/mol. The Morgan fingerprint density at radius 3 is 3.00 bits per heavy atom. The smallest absolute Gasteiger partial charge is 0.162 e. The van der Waals surface area contributed by atoms with Crippen molar-refractivity contribution in [2.75, 3.05) is 12.9 Å². The normalized spacial score (nSPS) is 30.8. The van der Waals surface area contributed by atoms with Crippen molar-refractivity contribution in [1.82, 2.24) is 9.78 Å². The highest BCUT2D eigenvalue weighted by molar-refractivity contribution is 8.00. The minimum atomic E-state index is -0.791. The van der Waals surface area contributed by atoms with E-state index in [0.717, 1.165) is 12.1 Å². The van der Waals surface area contributed by atoms with Crippen LogP contribution in [0.15, 0.2) is 6.20 Å². The molecular formula is C10H16N2O2S. The molecule has 1 aliphatic rings. The van der Waals surface area contributed by atoms with Crippen molar-refractivity contribution in [2.24, 2.45) is 7.05 Å². The summed E-state index contributed by atoms with van der Waals surface area (Å²) in [6.07, 6.45) is 2.41. The number of nitrogens with zero attached hydrogens (tertiary/aromatic N) is 2. The molecule has 2 unspecified atom stereocenters. The van der Waals surface area contributed by atoms with Gasteiger partial charge < -0.3 is 9.84 Å². The molecule has 84 valence electrons. The van der Waals surface area contributed by atoms with Gasteiger partial charge in [-0.1, -0.05) is 6.92 Å². The Morgan fingerprint density at radius 1 is 1.73 bits per heavy atom. The minimum absolute atomic E-state index is 0.481. The summed E-state index contributed by atoms with van der Waals surface area (Å²) in [6.45, 7) is 2.13. The number of rotatable bonds is 2. The van der Waals surface area contributed by atoms with E-state index < -0.39 is 5.60 Å². The van der Waals surface area contributed by atoms with Crippen molar-refractivity contribution in [1.29, 1.82) is 0 Å². The first-order valence-corrected chi connectivity index (χ1v) is 6.02. The van der Waals surface area contributed by atoms with Crippen LogP contribution in [0.3, 0.4) is 0 Å². The Labute approximate surface area is 93.6 Å². The first-order chi connectivity index (χ1) is 7.07. The molecule has 1 N–H and O–H groups in total. The molecule has 2 heterocycles. The molecule has 1 aliphatic heterocycles. The van der Waals surface area contributed by atoms with Crippen LogP contribution in [0, 0.1) is 0 Å². The topological polar surface area (TPSA) is 47.3 Å². The number of aryl methyl sites for hydroxylation is 1. The van der Waals surface area contributed by atoms with Crippen molar-refractivity contribution < 1.29 is 9.84 Å². The molecule has 1 fully saturated rings. The highest BCUT2D eigenvalue weighted by Gasteiger charge is 2.42. The summed E-state index contributed by atoms with van der Waals surface area (Å²) in [5.41, 5.74) is 0.00238. The molecule has 2 atom stereocenters. The molecule has 15 heavy (non-hydrogen) atoms. The van der Waals surface area contributed by atoms with Crippen molar-refractivity contribution >= 4 is 11.8 Å². The molecule has 4 nitrogen and oxygen atoms in total. The average molecular weight is 228 g/mol. The minimum Gasteiger partial charge on any atom is -0.493 e. The number of aliphatic hydroxyl groups is 1. The molecule has 0 bridgehead atoms. The second kappa shape index (κ2) is 3.72. The molecule has 1 saturated heterocycles. The maximum absolute atomic E-state index is 10.6. The molecule has 0 amide bonds. The Kier molecular flexibility index (Phi) is 2.68. The summed E-state index contributed by atoms with van der Waals surface area (Å²) in [4.78, 5) is 0. The van der Waals surface area contributed by atoms with Gasteiger partial charge in [-0.3, -0.25) is 4.68 Å². The largest absolute Gasteiger partial charge is 0.493 e. The van der Waals surface area contributed by atoms with Crippen molar-refractivity contribution in [3.63, 3.8) is 0 Å². The van der Waals surface area contributed by atoms with Crippen LogP contribution in [0.4, 0.5) is 0 Å². The van der Waals surface area contributed by atoms with E-state index >= 15 is 0 Å². The number of aromatic nitrogens is 2. The van der Waals surface area contributed by atoms with Crippen LogP contribution < -0.4 is 4.74 Å². The molecule has 1 aromatic heterocycles. The van der Waals surface area contributed by atoms with Crippen LogP contribution in [0.5, 0.6) is 5.75 Å². The summed E-state index contributed by atoms with van der Waals surface area (Å²) in [7, 11) is 3.44. The van der Waals surface area contributed by atoms with Gasteiger partial charge in [0.05, 0.1) is 13.3 Å². The third kappa shape index (κ3) is 1.74. The number of hydrogen-bond donors (Lipinski definition) is 1. The van der Waals surface area contributed by atoms with Crippen LogP contribution in [0.2, 0.25) is 0 Å². The zero-order chi connectivity index (χ0) is 11.1. The van der Waals surface area contributed by atoms with Crippen molar-refractivity contribution in [3.05, 3.63) is 11.9 Å². The summed E-state index contributed by atoms with van der Waals surface area (Å²) < 4.78 is 6.93. The standard InChI is InChI=1S/C10H16N2O2S/c1-7-4-10(13,6-15-7)9-8(14-3)5-11-12(9)2/h5,7,13H,4,6H2,1-3H3. The van der Waals surface area contributed by atoms with Gasteiger partial charge in [0, 0.05) is 18.1 Å². The van der Waals surface area contributed by atoms with Gasteiger partial charge in [0.15, 0.2) is 5.75 Å². The van der Waals surface area contributed by atoms with Gasteiger partial charge in [-0.2, -0.15) is 16.9 Å². The predicted molar refractivity (Wildman–Crippen MR) is 60.2 cm³/mol. The Hall–Kier alpha value is -0.680. The van der Waals surface area contributed by atoms with E-state index in [9.17, 15) is 5.11 Å². The average Bonchev–Trinajstić information content (AvgIpc) is 2.71. The van der Waals surface area contributed by atoms with Crippen LogP contribution >= 0.6 is 11.8 Å². The summed E-state index contributed by atoms with van der Waals surface area (Å²) in [5, 5.41) is 15.2. The summed E-state index contributed by atoms with van der Waals surface area (Å²) >= 11 is 1.78. The number of thioether (sulfide) groups is 1. The van der Waals surface area contributed by atoms with E-state index in [0.29, 0.717) is 16.8 Å². The highest BCUT2D eigenvalue weighted by Crippen LogP contribution is 2.43. The van der Waals surface area contributed by atoms with Gasteiger partial charge in [0.25, 0.3) is 0 Å². The van der Waals surface area contributed by atoms with Gasteiger partial charge in [-0.05, 0) is 6.42 Å². The predicted octanol–water partition coefficient (Wildman–Crippen LogP) is 1.14.